The Morgan fingerprint density at radius 1 is 1.47 bits per heavy atom. The molecule has 1 aromatic carbocycles. The van der Waals surface area contributed by atoms with Crippen LogP contribution in [0.15, 0.2) is 24.3 Å². The lowest BCUT2D eigenvalue weighted by molar-refractivity contribution is -0.127. The molecule has 1 fully saturated rings. The summed E-state index contributed by atoms with van der Waals surface area (Å²) in [6.45, 7) is 4.38. The van der Waals surface area contributed by atoms with Crippen LogP contribution in [0.2, 0.25) is 0 Å². The van der Waals surface area contributed by atoms with Crippen LogP contribution in [0.25, 0.3) is 0 Å². The molecule has 1 saturated heterocycles. The topological polar surface area (TPSA) is 29.5 Å². The van der Waals surface area contributed by atoms with Gasteiger partial charge < -0.3 is 9.64 Å². The first-order valence-electron chi connectivity index (χ1n) is 6.86. The van der Waals surface area contributed by atoms with Crippen LogP contribution in [0.3, 0.4) is 0 Å². The van der Waals surface area contributed by atoms with Crippen molar-refractivity contribution in [3.63, 3.8) is 0 Å². The van der Waals surface area contributed by atoms with Crippen molar-refractivity contribution < 1.29 is 9.53 Å². The molecule has 1 aromatic rings. The van der Waals surface area contributed by atoms with E-state index in [1.54, 1.807) is 0 Å². The maximum Gasteiger partial charge on any atom is 0.223 e. The zero-order valence-electron chi connectivity index (χ0n) is 11.3. The maximum atomic E-state index is 11.7. The van der Waals surface area contributed by atoms with E-state index in [0.717, 1.165) is 38.3 Å². The molecule has 1 aliphatic heterocycles. The van der Waals surface area contributed by atoms with E-state index in [2.05, 4.69) is 31.7 Å². The Kier molecular flexibility index (Phi) is 5.14. The highest BCUT2D eigenvalue weighted by atomic mass is 32.1. The number of likely N-dealkylation sites (tertiary alicyclic amines) is 1. The Hall–Kier alpha value is -1.16. The SMILES string of the molecule is CCCOc1cccc(CCN2CC(S)CC2=O)c1. The summed E-state index contributed by atoms with van der Waals surface area (Å²) in [5, 5.41) is 0.201. The molecule has 1 heterocycles. The molecule has 0 aliphatic carbocycles. The number of carbonyl (C=O) groups is 1. The van der Waals surface area contributed by atoms with Crippen molar-refractivity contribution in [3.8, 4) is 5.75 Å². The van der Waals surface area contributed by atoms with Gasteiger partial charge in [-0.2, -0.15) is 12.6 Å². The fourth-order valence-electron chi connectivity index (χ4n) is 2.24. The summed E-state index contributed by atoms with van der Waals surface area (Å²) >= 11 is 4.36. The zero-order chi connectivity index (χ0) is 13.7. The van der Waals surface area contributed by atoms with Crippen molar-refractivity contribution in [2.24, 2.45) is 0 Å². The fraction of sp³-hybridized carbons (Fsp3) is 0.533. The Bertz CT molecular complexity index is 436. The average molecular weight is 279 g/mol. The number of benzene rings is 1. The first-order valence-corrected chi connectivity index (χ1v) is 7.38. The highest BCUT2D eigenvalue weighted by Gasteiger charge is 2.26. The van der Waals surface area contributed by atoms with Crippen LogP contribution in [0.5, 0.6) is 5.75 Å². The molecular weight excluding hydrogens is 258 g/mol. The van der Waals surface area contributed by atoms with Crippen molar-refractivity contribution in [2.45, 2.75) is 31.4 Å². The van der Waals surface area contributed by atoms with E-state index in [-0.39, 0.29) is 11.2 Å². The number of carbonyl (C=O) groups excluding carboxylic acids is 1. The maximum absolute atomic E-state index is 11.7. The fourth-order valence-corrected chi connectivity index (χ4v) is 2.60. The van der Waals surface area contributed by atoms with Crippen molar-refractivity contribution in [1.82, 2.24) is 4.90 Å². The Morgan fingerprint density at radius 2 is 2.32 bits per heavy atom. The summed E-state index contributed by atoms with van der Waals surface area (Å²) in [4.78, 5) is 13.6. The first-order chi connectivity index (χ1) is 9.19. The number of nitrogens with zero attached hydrogens (tertiary/aromatic N) is 1. The first kappa shape index (κ1) is 14.3. The number of ether oxygens (including phenoxy) is 1. The van der Waals surface area contributed by atoms with Crippen molar-refractivity contribution >= 4 is 18.5 Å². The third kappa shape index (κ3) is 4.16. The summed E-state index contributed by atoms with van der Waals surface area (Å²) in [6, 6.07) is 8.13. The summed E-state index contributed by atoms with van der Waals surface area (Å²) in [5.74, 6) is 1.14. The lowest BCUT2D eigenvalue weighted by Gasteiger charge is -2.16. The highest BCUT2D eigenvalue weighted by molar-refractivity contribution is 7.81. The molecule has 3 nitrogen and oxygen atoms in total. The molecule has 1 amide bonds. The molecule has 0 aromatic heterocycles. The Balaban J connectivity index is 1.87. The molecule has 1 unspecified atom stereocenters. The van der Waals surface area contributed by atoms with Gasteiger partial charge in [0.15, 0.2) is 0 Å². The van der Waals surface area contributed by atoms with Crippen LogP contribution in [-0.4, -0.2) is 35.8 Å². The Morgan fingerprint density at radius 3 is 3.00 bits per heavy atom. The summed E-state index contributed by atoms with van der Waals surface area (Å²) < 4.78 is 5.61. The van der Waals surface area contributed by atoms with Gasteiger partial charge in [0, 0.05) is 24.8 Å². The van der Waals surface area contributed by atoms with Crippen LogP contribution in [0, 0.1) is 0 Å². The number of amides is 1. The summed E-state index contributed by atoms with van der Waals surface area (Å²) in [5.41, 5.74) is 1.21. The highest BCUT2D eigenvalue weighted by Crippen LogP contribution is 2.18. The van der Waals surface area contributed by atoms with Gasteiger partial charge in [-0.3, -0.25) is 4.79 Å². The van der Waals surface area contributed by atoms with Crippen LogP contribution >= 0.6 is 12.6 Å². The molecule has 1 atom stereocenters. The second-order valence-corrected chi connectivity index (χ2v) is 5.67. The van der Waals surface area contributed by atoms with Crippen molar-refractivity contribution in [1.29, 1.82) is 0 Å². The lowest BCUT2D eigenvalue weighted by Crippen LogP contribution is -2.27. The molecule has 1 aliphatic rings. The van der Waals surface area contributed by atoms with E-state index >= 15 is 0 Å². The molecule has 104 valence electrons. The monoisotopic (exact) mass is 279 g/mol. The predicted octanol–water partition coefficient (Wildman–Crippen LogP) is 2.55. The second-order valence-electron chi connectivity index (χ2n) is 4.94. The molecule has 0 spiro atoms. The summed E-state index contributed by atoms with van der Waals surface area (Å²) in [7, 11) is 0. The van der Waals surface area contributed by atoms with Gasteiger partial charge in [0.2, 0.25) is 5.91 Å². The van der Waals surface area contributed by atoms with E-state index in [9.17, 15) is 4.79 Å². The quantitative estimate of drug-likeness (QED) is 0.811. The average Bonchev–Trinajstić information content (AvgIpc) is 2.73. The predicted molar refractivity (Wildman–Crippen MR) is 79.9 cm³/mol. The van der Waals surface area contributed by atoms with Crippen LogP contribution < -0.4 is 4.74 Å². The molecule has 4 heteroatoms. The number of hydrogen-bond donors (Lipinski definition) is 1. The smallest absolute Gasteiger partial charge is 0.223 e. The largest absolute Gasteiger partial charge is 0.494 e. The van der Waals surface area contributed by atoms with Crippen LogP contribution in [0.4, 0.5) is 0 Å². The second kappa shape index (κ2) is 6.85. The number of hydrogen-bond acceptors (Lipinski definition) is 3. The van der Waals surface area contributed by atoms with Crippen molar-refractivity contribution in [3.05, 3.63) is 29.8 Å². The van der Waals surface area contributed by atoms with Crippen LogP contribution in [-0.2, 0) is 11.2 Å². The third-order valence-corrected chi connectivity index (χ3v) is 3.58. The van der Waals surface area contributed by atoms with E-state index in [4.69, 9.17) is 4.74 Å². The number of thiol groups is 1. The zero-order valence-corrected chi connectivity index (χ0v) is 12.2. The molecule has 0 N–H and O–H groups in total. The molecule has 0 radical (unpaired) electrons. The minimum Gasteiger partial charge on any atom is -0.494 e. The number of rotatable bonds is 6. The Labute approximate surface area is 120 Å². The van der Waals surface area contributed by atoms with E-state index in [0.29, 0.717) is 6.42 Å². The molecule has 0 saturated carbocycles. The molecule has 19 heavy (non-hydrogen) atoms. The minimum absolute atomic E-state index is 0.201. The van der Waals surface area contributed by atoms with Gasteiger partial charge in [-0.1, -0.05) is 19.1 Å². The van der Waals surface area contributed by atoms with E-state index in [1.165, 1.54) is 5.56 Å². The van der Waals surface area contributed by atoms with E-state index < -0.39 is 0 Å². The lowest BCUT2D eigenvalue weighted by atomic mass is 10.1. The normalized spacial score (nSPS) is 18.9. The standard InChI is InChI=1S/C15H21NO2S/c1-2-8-18-13-5-3-4-12(9-13)6-7-16-11-14(19)10-15(16)17/h3-5,9,14,19H,2,6-8,10-11H2,1H3. The van der Waals surface area contributed by atoms with Crippen LogP contribution in [0.1, 0.15) is 25.3 Å². The summed E-state index contributed by atoms with van der Waals surface area (Å²) in [6.07, 6.45) is 2.45. The van der Waals surface area contributed by atoms with Gasteiger partial charge in [0.25, 0.3) is 0 Å². The van der Waals surface area contributed by atoms with E-state index in [1.807, 2.05) is 17.0 Å². The van der Waals surface area contributed by atoms with Gasteiger partial charge in [-0.15, -0.1) is 0 Å². The third-order valence-electron chi connectivity index (χ3n) is 3.24. The van der Waals surface area contributed by atoms with Gasteiger partial charge in [0.05, 0.1) is 6.61 Å². The molecule has 0 bridgehead atoms. The molecular formula is C15H21NO2S. The van der Waals surface area contributed by atoms with Gasteiger partial charge >= 0.3 is 0 Å². The van der Waals surface area contributed by atoms with Crippen molar-refractivity contribution in [2.75, 3.05) is 19.7 Å². The van der Waals surface area contributed by atoms with Gasteiger partial charge in [0.1, 0.15) is 5.75 Å². The van der Waals surface area contributed by atoms with Gasteiger partial charge in [-0.25, -0.2) is 0 Å². The molecule has 2 rings (SSSR count). The minimum atomic E-state index is 0.201. The van der Waals surface area contributed by atoms with Gasteiger partial charge in [-0.05, 0) is 30.5 Å².